The van der Waals surface area contributed by atoms with Gasteiger partial charge in [-0.1, -0.05) is 32.1 Å². The lowest BCUT2D eigenvalue weighted by molar-refractivity contribution is 0.559. The van der Waals surface area contributed by atoms with Gasteiger partial charge in [0.05, 0.1) is 5.69 Å². The Morgan fingerprint density at radius 1 is 1.35 bits per heavy atom. The topological polar surface area (TPSA) is 15.3 Å². The molecule has 2 nitrogen and oxygen atoms in total. The Kier molecular flexibility index (Phi) is 7.31. The molecule has 1 aromatic carbocycles. The Balaban J connectivity index is 3.10. The van der Waals surface area contributed by atoms with Crippen molar-refractivity contribution in [2.45, 2.75) is 39.7 Å². The van der Waals surface area contributed by atoms with Gasteiger partial charge in [-0.2, -0.15) is 0 Å². The molecule has 0 spiro atoms. The molecular formula is C17H27FN2. The van der Waals surface area contributed by atoms with Gasteiger partial charge in [0, 0.05) is 19.1 Å². The highest BCUT2D eigenvalue weighted by Crippen LogP contribution is 2.29. The Morgan fingerprint density at radius 3 is 2.70 bits per heavy atom. The van der Waals surface area contributed by atoms with Crippen LogP contribution in [0.15, 0.2) is 30.9 Å². The van der Waals surface area contributed by atoms with E-state index in [-0.39, 0.29) is 11.9 Å². The Labute approximate surface area is 122 Å². The largest absolute Gasteiger partial charge is 0.365 e. The third kappa shape index (κ3) is 4.34. The number of nitrogens with zero attached hydrogens (tertiary/aromatic N) is 1. The fraction of sp³-hybridized carbons (Fsp3) is 0.529. The van der Waals surface area contributed by atoms with E-state index in [1.807, 2.05) is 12.1 Å². The van der Waals surface area contributed by atoms with Crippen molar-refractivity contribution in [3.63, 3.8) is 0 Å². The first-order valence-corrected chi connectivity index (χ1v) is 7.53. The summed E-state index contributed by atoms with van der Waals surface area (Å²) in [6.07, 6.45) is 3.88. The van der Waals surface area contributed by atoms with E-state index in [1.165, 1.54) is 6.07 Å². The van der Waals surface area contributed by atoms with Crippen LogP contribution in [0.1, 0.15) is 45.2 Å². The van der Waals surface area contributed by atoms with E-state index in [2.05, 4.69) is 37.6 Å². The Morgan fingerprint density at radius 2 is 2.10 bits per heavy atom. The van der Waals surface area contributed by atoms with Gasteiger partial charge in [0.2, 0.25) is 0 Å². The number of hydrogen-bond donors (Lipinski definition) is 1. The number of nitrogens with one attached hydrogen (secondary N) is 1. The zero-order valence-electron chi connectivity index (χ0n) is 13.0. The van der Waals surface area contributed by atoms with Crippen LogP contribution in [0.5, 0.6) is 0 Å². The minimum absolute atomic E-state index is 0.143. The fourth-order valence-corrected chi connectivity index (χ4v) is 2.41. The van der Waals surface area contributed by atoms with Gasteiger partial charge in [-0.15, -0.1) is 6.58 Å². The molecule has 1 rings (SSSR count). The molecule has 0 saturated heterocycles. The molecule has 0 aromatic heterocycles. The van der Waals surface area contributed by atoms with E-state index >= 15 is 0 Å². The number of rotatable bonds is 9. The van der Waals surface area contributed by atoms with Crippen LogP contribution in [0.25, 0.3) is 0 Å². The van der Waals surface area contributed by atoms with Crippen molar-refractivity contribution in [3.8, 4) is 0 Å². The summed E-state index contributed by atoms with van der Waals surface area (Å²) in [4.78, 5) is 2.07. The van der Waals surface area contributed by atoms with Gasteiger partial charge in [-0.3, -0.25) is 0 Å². The highest BCUT2D eigenvalue weighted by molar-refractivity contribution is 5.56. The summed E-state index contributed by atoms with van der Waals surface area (Å²) >= 11 is 0. The SMILES string of the molecule is C=CCN(CCC)c1c(F)cccc1C(C)NCCC. The molecule has 1 atom stereocenters. The maximum absolute atomic E-state index is 14.3. The number of hydrogen-bond acceptors (Lipinski definition) is 2. The van der Waals surface area contributed by atoms with E-state index in [4.69, 9.17) is 0 Å². The summed E-state index contributed by atoms with van der Waals surface area (Å²) in [5.41, 5.74) is 1.74. The number of anilines is 1. The monoisotopic (exact) mass is 278 g/mol. The molecule has 1 aromatic rings. The van der Waals surface area contributed by atoms with Gasteiger partial charge in [-0.05, 0) is 37.9 Å². The molecule has 1 N–H and O–H groups in total. The first-order valence-electron chi connectivity index (χ1n) is 7.53. The first-order chi connectivity index (χ1) is 9.65. The summed E-state index contributed by atoms with van der Waals surface area (Å²) in [5.74, 6) is -0.150. The lowest BCUT2D eigenvalue weighted by Gasteiger charge is -2.28. The third-order valence-corrected chi connectivity index (χ3v) is 3.34. The van der Waals surface area contributed by atoms with Crippen LogP contribution in [0, 0.1) is 5.82 Å². The van der Waals surface area contributed by atoms with E-state index in [9.17, 15) is 4.39 Å². The lowest BCUT2D eigenvalue weighted by Crippen LogP contribution is -2.29. The number of benzene rings is 1. The van der Waals surface area contributed by atoms with Gasteiger partial charge >= 0.3 is 0 Å². The van der Waals surface area contributed by atoms with Gasteiger partial charge in [0.15, 0.2) is 0 Å². The van der Waals surface area contributed by atoms with Crippen molar-refractivity contribution < 1.29 is 4.39 Å². The smallest absolute Gasteiger partial charge is 0.146 e. The summed E-state index contributed by atoms with van der Waals surface area (Å²) in [6, 6.07) is 5.48. The van der Waals surface area contributed by atoms with Crippen LogP contribution in [0.2, 0.25) is 0 Å². The normalized spacial score (nSPS) is 12.2. The maximum Gasteiger partial charge on any atom is 0.146 e. The lowest BCUT2D eigenvalue weighted by atomic mass is 10.0. The Hall–Kier alpha value is -1.35. The second-order valence-electron chi connectivity index (χ2n) is 5.09. The van der Waals surface area contributed by atoms with Crippen LogP contribution in [-0.2, 0) is 0 Å². The Bertz CT molecular complexity index is 417. The quantitative estimate of drug-likeness (QED) is 0.678. The highest BCUT2D eigenvalue weighted by Gasteiger charge is 2.18. The van der Waals surface area contributed by atoms with Crippen molar-refractivity contribution in [2.24, 2.45) is 0 Å². The number of halogens is 1. The van der Waals surface area contributed by atoms with Crippen LogP contribution in [0.4, 0.5) is 10.1 Å². The van der Waals surface area contributed by atoms with E-state index in [0.717, 1.165) is 31.5 Å². The van der Waals surface area contributed by atoms with Crippen LogP contribution in [0.3, 0.4) is 0 Å². The van der Waals surface area contributed by atoms with E-state index < -0.39 is 0 Å². The molecule has 0 aliphatic rings. The standard InChI is InChI=1S/C17H27FN2/c1-5-11-19-14(4)15-9-8-10-16(18)17(15)20(12-6-2)13-7-3/h6,8-10,14,19H,2,5,7,11-13H2,1,3-4H3. The molecule has 0 aliphatic carbocycles. The van der Waals surface area contributed by atoms with Crippen molar-refractivity contribution in [1.82, 2.24) is 5.32 Å². The molecule has 0 heterocycles. The van der Waals surface area contributed by atoms with Crippen molar-refractivity contribution in [2.75, 3.05) is 24.5 Å². The minimum atomic E-state index is -0.150. The van der Waals surface area contributed by atoms with Gasteiger partial charge in [0.1, 0.15) is 5.82 Å². The maximum atomic E-state index is 14.3. The van der Waals surface area contributed by atoms with Crippen molar-refractivity contribution in [1.29, 1.82) is 0 Å². The van der Waals surface area contributed by atoms with Gasteiger partial charge in [0.25, 0.3) is 0 Å². The number of para-hydroxylation sites is 1. The summed E-state index contributed by atoms with van der Waals surface area (Å²) < 4.78 is 14.3. The molecule has 1 unspecified atom stereocenters. The molecule has 0 radical (unpaired) electrons. The molecule has 0 bridgehead atoms. The molecule has 0 amide bonds. The molecule has 0 fully saturated rings. The summed E-state index contributed by atoms with van der Waals surface area (Å²) in [7, 11) is 0. The molecule has 3 heteroatoms. The molecule has 0 aliphatic heterocycles. The van der Waals surface area contributed by atoms with Crippen LogP contribution >= 0.6 is 0 Å². The minimum Gasteiger partial charge on any atom is -0.365 e. The highest BCUT2D eigenvalue weighted by atomic mass is 19.1. The van der Waals surface area contributed by atoms with Crippen LogP contribution in [-0.4, -0.2) is 19.6 Å². The zero-order valence-corrected chi connectivity index (χ0v) is 13.0. The second-order valence-corrected chi connectivity index (χ2v) is 5.09. The van der Waals surface area contributed by atoms with Crippen molar-refractivity contribution >= 4 is 5.69 Å². The summed E-state index contributed by atoms with van der Waals surface area (Å²) in [5, 5.41) is 3.44. The fourth-order valence-electron chi connectivity index (χ4n) is 2.41. The van der Waals surface area contributed by atoms with E-state index in [0.29, 0.717) is 12.2 Å². The third-order valence-electron chi connectivity index (χ3n) is 3.34. The van der Waals surface area contributed by atoms with Crippen molar-refractivity contribution in [3.05, 3.63) is 42.2 Å². The average Bonchev–Trinajstić information content (AvgIpc) is 2.44. The average molecular weight is 278 g/mol. The predicted octanol–water partition coefficient (Wildman–Crippen LogP) is 4.29. The molecular weight excluding hydrogens is 251 g/mol. The van der Waals surface area contributed by atoms with Gasteiger partial charge < -0.3 is 10.2 Å². The summed E-state index contributed by atoms with van der Waals surface area (Å²) in [6.45, 7) is 12.5. The van der Waals surface area contributed by atoms with Gasteiger partial charge in [-0.25, -0.2) is 4.39 Å². The molecule has 0 saturated carbocycles. The first kappa shape index (κ1) is 16.7. The molecule has 112 valence electrons. The predicted molar refractivity (Wildman–Crippen MR) is 85.8 cm³/mol. The van der Waals surface area contributed by atoms with Crippen LogP contribution < -0.4 is 10.2 Å². The van der Waals surface area contributed by atoms with E-state index in [1.54, 1.807) is 6.07 Å². The second kappa shape index (κ2) is 8.75. The zero-order chi connectivity index (χ0) is 15.0. The molecule has 20 heavy (non-hydrogen) atoms.